The van der Waals surface area contributed by atoms with Crippen molar-refractivity contribution in [2.75, 3.05) is 13.6 Å². The van der Waals surface area contributed by atoms with E-state index in [1.165, 1.54) is 17.6 Å². The highest BCUT2D eigenvalue weighted by Gasteiger charge is 2.14. The van der Waals surface area contributed by atoms with E-state index in [0.29, 0.717) is 11.3 Å². The first-order valence-corrected chi connectivity index (χ1v) is 5.79. The van der Waals surface area contributed by atoms with Crippen LogP contribution in [0.1, 0.15) is 21.0 Å². The predicted molar refractivity (Wildman–Crippen MR) is 70.1 cm³/mol. The van der Waals surface area contributed by atoms with Crippen LogP contribution in [0.3, 0.4) is 0 Å². The lowest BCUT2D eigenvalue weighted by molar-refractivity contribution is -0.117. The molecular weight excluding hydrogens is 262 g/mol. The van der Waals surface area contributed by atoms with E-state index in [2.05, 4.69) is 15.6 Å². The van der Waals surface area contributed by atoms with E-state index in [1.54, 1.807) is 18.2 Å². The molecule has 0 saturated carbocycles. The average Bonchev–Trinajstić information content (AvgIpc) is 2.87. The molecule has 0 fully saturated rings. The zero-order chi connectivity index (χ0) is 14.7. The Morgan fingerprint density at radius 2 is 2.05 bits per heavy atom. The number of hydrogen-bond acceptors (Lipinski definition) is 4. The summed E-state index contributed by atoms with van der Waals surface area (Å²) >= 11 is 0. The van der Waals surface area contributed by atoms with E-state index in [4.69, 9.17) is 5.73 Å². The number of hydrogen-bond donors (Lipinski definition) is 3. The number of rotatable bonds is 4. The molecule has 0 saturated heterocycles. The molecule has 0 spiro atoms. The molecule has 2 rings (SSSR count). The summed E-state index contributed by atoms with van der Waals surface area (Å²) in [4.78, 5) is 38.2. The lowest BCUT2D eigenvalue weighted by atomic mass is 10.3. The van der Waals surface area contributed by atoms with Gasteiger partial charge in [0, 0.05) is 13.2 Å². The molecule has 0 aromatic carbocycles. The van der Waals surface area contributed by atoms with Crippen molar-refractivity contribution in [2.45, 2.75) is 0 Å². The van der Waals surface area contributed by atoms with Gasteiger partial charge in [-0.1, -0.05) is 6.07 Å². The largest absolute Gasteiger partial charge is 0.368 e. The molecule has 0 aliphatic rings. The second-order valence-electron chi connectivity index (χ2n) is 3.99. The molecule has 8 heteroatoms. The van der Waals surface area contributed by atoms with Crippen LogP contribution >= 0.6 is 0 Å². The number of carbonyl (C=O) groups is 3. The van der Waals surface area contributed by atoms with Crippen LogP contribution in [0.2, 0.25) is 0 Å². The van der Waals surface area contributed by atoms with Crippen molar-refractivity contribution in [3.8, 4) is 0 Å². The van der Waals surface area contributed by atoms with Gasteiger partial charge < -0.3 is 16.4 Å². The number of primary amides is 1. The number of pyridine rings is 1. The van der Waals surface area contributed by atoms with Gasteiger partial charge in [-0.15, -0.1) is 0 Å². The maximum absolute atomic E-state index is 11.8. The number of carbonyl (C=O) groups excluding carboxylic acids is 3. The van der Waals surface area contributed by atoms with Crippen LogP contribution in [0.25, 0.3) is 5.65 Å². The Labute approximate surface area is 114 Å². The van der Waals surface area contributed by atoms with E-state index in [-0.39, 0.29) is 18.1 Å². The number of imidazole rings is 1. The third kappa shape index (κ3) is 2.58. The zero-order valence-corrected chi connectivity index (χ0v) is 10.7. The average molecular weight is 275 g/mol. The molecular formula is C12H13N5O3. The molecule has 2 aromatic rings. The van der Waals surface area contributed by atoms with E-state index < -0.39 is 11.8 Å². The number of nitrogens with one attached hydrogen (secondary N) is 2. The first kappa shape index (κ1) is 13.5. The molecule has 104 valence electrons. The second kappa shape index (κ2) is 5.39. The number of nitrogens with zero attached hydrogens (tertiary/aromatic N) is 2. The van der Waals surface area contributed by atoms with Crippen LogP contribution in [-0.2, 0) is 4.79 Å². The molecule has 20 heavy (non-hydrogen) atoms. The standard InChI is InChI=1S/C12H13N5O3/c1-14-12(20)8-3-2-4-10-16-7(6-17(8)10)11(19)15-5-9(13)18/h2-4,6H,5H2,1H3,(H2,13,18)(H,14,20)(H,15,19). The van der Waals surface area contributed by atoms with E-state index in [9.17, 15) is 14.4 Å². The summed E-state index contributed by atoms with van der Waals surface area (Å²) in [6.07, 6.45) is 1.43. The van der Waals surface area contributed by atoms with Crippen molar-refractivity contribution in [3.63, 3.8) is 0 Å². The highest BCUT2D eigenvalue weighted by Crippen LogP contribution is 2.09. The molecule has 0 radical (unpaired) electrons. The summed E-state index contributed by atoms with van der Waals surface area (Å²) in [7, 11) is 1.51. The number of aromatic nitrogens is 2. The molecule has 2 aromatic heterocycles. The minimum atomic E-state index is -0.645. The SMILES string of the molecule is CNC(=O)c1cccc2nc(C(=O)NCC(N)=O)cn12. The highest BCUT2D eigenvalue weighted by molar-refractivity contribution is 5.96. The molecule has 0 aliphatic heterocycles. The predicted octanol–water partition coefficient (Wildman–Crippen LogP) is -1.09. The Bertz CT molecular complexity index is 691. The first-order chi connectivity index (χ1) is 9.52. The Balaban J connectivity index is 2.36. The van der Waals surface area contributed by atoms with Crippen molar-refractivity contribution in [1.29, 1.82) is 0 Å². The summed E-state index contributed by atoms with van der Waals surface area (Å²) < 4.78 is 1.50. The first-order valence-electron chi connectivity index (χ1n) is 5.79. The molecule has 2 heterocycles. The summed E-state index contributed by atoms with van der Waals surface area (Å²) in [5.74, 6) is -1.47. The molecule has 0 bridgehead atoms. The highest BCUT2D eigenvalue weighted by atomic mass is 16.2. The van der Waals surface area contributed by atoms with E-state index in [1.807, 2.05) is 0 Å². The van der Waals surface area contributed by atoms with Gasteiger partial charge in [0.2, 0.25) is 5.91 Å². The summed E-state index contributed by atoms with van der Waals surface area (Å²) in [6, 6.07) is 4.94. The number of fused-ring (bicyclic) bond motifs is 1. The second-order valence-corrected chi connectivity index (χ2v) is 3.99. The Morgan fingerprint density at radius 3 is 2.70 bits per heavy atom. The normalized spacial score (nSPS) is 10.2. The van der Waals surface area contributed by atoms with Gasteiger partial charge in [-0.3, -0.25) is 18.8 Å². The fourth-order valence-corrected chi connectivity index (χ4v) is 1.69. The van der Waals surface area contributed by atoms with Crippen LogP contribution in [0, 0.1) is 0 Å². The molecule has 0 unspecified atom stereocenters. The van der Waals surface area contributed by atoms with Crippen molar-refractivity contribution >= 4 is 23.4 Å². The zero-order valence-electron chi connectivity index (χ0n) is 10.7. The van der Waals surface area contributed by atoms with Gasteiger partial charge >= 0.3 is 0 Å². The van der Waals surface area contributed by atoms with Crippen LogP contribution in [0.5, 0.6) is 0 Å². The Morgan fingerprint density at radius 1 is 1.30 bits per heavy atom. The molecule has 8 nitrogen and oxygen atoms in total. The molecule has 0 atom stereocenters. The minimum absolute atomic E-state index is 0.0996. The molecule has 4 N–H and O–H groups in total. The van der Waals surface area contributed by atoms with Gasteiger partial charge in [0.25, 0.3) is 11.8 Å². The fourth-order valence-electron chi connectivity index (χ4n) is 1.69. The van der Waals surface area contributed by atoms with Crippen molar-refractivity contribution in [1.82, 2.24) is 20.0 Å². The van der Waals surface area contributed by atoms with Crippen molar-refractivity contribution < 1.29 is 14.4 Å². The van der Waals surface area contributed by atoms with Crippen LogP contribution in [-0.4, -0.2) is 40.7 Å². The fraction of sp³-hybridized carbons (Fsp3) is 0.167. The van der Waals surface area contributed by atoms with Gasteiger partial charge in [-0.2, -0.15) is 0 Å². The summed E-state index contributed by atoms with van der Waals surface area (Å²) in [5.41, 5.74) is 5.85. The van der Waals surface area contributed by atoms with Crippen molar-refractivity contribution in [2.24, 2.45) is 5.73 Å². The topological polar surface area (TPSA) is 119 Å². The maximum Gasteiger partial charge on any atom is 0.271 e. The Hall–Kier alpha value is -2.90. The monoisotopic (exact) mass is 275 g/mol. The van der Waals surface area contributed by atoms with Crippen LogP contribution in [0.15, 0.2) is 24.4 Å². The quantitative estimate of drug-likeness (QED) is 0.656. The summed E-state index contributed by atoms with van der Waals surface area (Å²) in [5, 5.41) is 4.83. The van der Waals surface area contributed by atoms with Gasteiger partial charge in [0.1, 0.15) is 17.0 Å². The lowest BCUT2D eigenvalue weighted by Gasteiger charge is -2.02. The number of nitrogens with two attached hydrogens (primary N) is 1. The smallest absolute Gasteiger partial charge is 0.271 e. The van der Waals surface area contributed by atoms with E-state index >= 15 is 0 Å². The van der Waals surface area contributed by atoms with Gasteiger partial charge in [0.15, 0.2) is 0 Å². The van der Waals surface area contributed by atoms with E-state index in [0.717, 1.165) is 0 Å². The van der Waals surface area contributed by atoms with Gasteiger partial charge in [-0.05, 0) is 12.1 Å². The van der Waals surface area contributed by atoms with Crippen molar-refractivity contribution in [3.05, 3.63) is 35.8 Å². The third-order valence-corrected chi connectivity index (χ3v) is 2.61. The van der Waals surface area contributed by atoms with Gasteiger partial charge in [-0.25, -0.2) is 4.98 Å². The molecule has 0 aliphatic carbocycles. The van der Waals surface area contributed by atoms with Crippen LogP contribution in [0.4, 0.5) is 0 Å². The molecule has 3 amide bonds. The minimum Gasteiger partial charge on any atom is -0.368 e. The third-order valence-electron chi connectivity index (χ3n) is 2.61. The van der Waals surface area contributed by atoms with Gasteiger partial charge in [0.05, 0.1) is 6.54 Å². The lowest BCUT2D eigenvalue weighted by Crippen LogP contribution is -2.33. The number of amides is 3. The Kier molecular flexibility index (Phi) is 3.65. The van der Waals surface area contributed by atoms with Crippen LogP contribution < -0.4 is 16.4 Å². The summed E-state index contributed by atoms with van der Waals surface area (Å²) in [6.45, 7) is -0.269. The maximum atomic E-state index is 11.8.